The van der Waals surface area contributed by atoms with Gasteiger partial charge in [-0.2, -0.15) is 0 Å². The molecule has 1 aliphatic rings. The zero-order valence-corrected chi connectivity index (χ0v) is 14.3. The van der Waals surface area contributed by atoms with E-state index in [9.17, 15) is 13.2 Å². The third-order valence-corrected chi connectivity index (χ3v) is 6.14. The van der Waals surface area contributed by atoms with E-state index < -0.39 is 9.84 Å². The zero-order valence-electron chi connectivity index (χ0n) is 13.5. The van der Waals surface area contributed by atoms with Crippen molar-refractivity contribution in [2.45, 2.75) is 19.4 Å². The second-order valence-electron chi connectivity index (χ2n) is 6.14. The van der Waals surface area contributed by atoms with Gasteiger partial charge < -0.3 is 9.30 Å². The smallest absolute Gasteiger partial charge is 0.337 e. The molecule has 1 aromatic carbocycles. The molecule has 3 rings (SSSR count). The molecule has 0 N–H and O–H groups in total. The van der Waals surface area contributed by atoms with E-state index in [4.69, 9.17) is 4.74 Å². The highest BCUT2D eigenvalue weighted by molar-refractivity contribution is 7.91. The van der Waals surface area contributed by atoms with Crippen LogP contribution in [0.15, 0.2) is 36.7 Å². The van der Waals surface area contributed by atoms with Crippen molar-refractivity contribution in [3.05, 3.63) is 53.6 Å². The van der Waals surface area contributed by atoms with E-state index in [0.717, 1.165) is 11.4 Å². The van der Waals surface area contributed by atoms with Gasteiger partial charge in [-0.25, -0.2) is 18.2 Å². The average molecular weight is 348 g/mol. The van der Waals surface area contributed by atoms with Crippen LogP contribution in [0.5, 0.6) is 0 Å². The first-order valence-corrected chi connectivity index (χ1v) is 9.66. The number of imidazole rings is 1. The van der Waals surface area contributed by atoms with Crippen LogP contribution in [0.4, 0.5) is 0 Å². The van der Waals surface area contributed by atoms with Crippen molar-refractivity contribution in [3.8, 4) is 0 Å². The van der Waals surface area contributed by atoms with Crippen molar-refractivity contribution in [1.82, 2.24) is 9.55 Å². The SMILES string of the molecule is COC(=O)c1cccc(Cn2ccnc2CC2CCS(=O)(=O)C2)c1. The van der Waals surface area contributed by atoms with Gasteiger partial charge in [0.25, 0.3) is 0 Å². The molecule has 2 aromatic rings. The van der Waals surface area contributed by atoms with E-state index in [-0.39, 0.29) is 23.4 Å². The molecular formula is C17H20N2O4S. The predicted octanol–water partition coefficient (Wildman–Crippen LogP) is 1.70. The highest BCUT2D eigenvalue weighted by Gasteiger charge is 2.28. The maximum Gasteiger partial charge on any atom is 0.337 e. The van der Waals surface area contributed by atoms with E-state index in [1.54, 1.807) is 18.3 Å². The Morgan fingerprint density at radius 1 is 1.42 bits per heavy atom. The van der Waals surface area contributed by atoms with E-state index in [1.807, 2.05) is 22.9 Å². The molecule has 1 aliphatic heterocycles. The minimum Gasteiger partial charge on any atom is -0.465 e. The fourth-order valence-corrected chi connectivity index (χ4v) is 4.94. The highest BCUT2D eigenvalue weighted by atomic mass is 32.2. The highest BCUT2D eigenvalue weighted by Crippen LogP contribution is 2.22. The number of ether oxygens (including phenoxy) is 1. The quantitative estimate of drug-likeness (QED) is 0.769. The standard InChI is InChI=1S/C17H20N2O4S/c1-23-17(20)15-4-2-3-13(9-15)11-19-7-6-18-16(19)10-14-5-8-24(21,22)12-14/h2-4,6-7,9,14H,5,8,10-12H2,1H3. The van der Waals surface area contributed by atoms with Crippen molar-refractivity contribution in [3.63, 3.8) is 0 Å². The van der Waals surface area contributed by atoms with Crippen LogP contribution in [-0.4, -0.2) is 42.6 Å². The number of aromatic nitrogens is 2. The fourth-order valence-electron chi connectivity index (χ4n) is 3.08. The molecule has 1 atom stereocenters. The Hall–Kier alpha value is -2.15. The Kier molecular flexibility index (Phi) is 4.71. The molecule has 1 saturated heterocycles. The lowest BCUT2D eigenvalue weighted by atomic mass is 10.0. The summed E-state index contributed by atoms with van der Waals surface area (Å²) in [5.74, 6) is 1.18. The average Bonchev–Trinajstić information content (AvgIpc) is 3.13. The number of carbonyl (C=O) groups excluding carboxylic acids is 1. The minimum absolute atomic E-state index is 0.137. The van der Waals surface area contributed by atoms with Crippen LogP contribution in [0.2, 0.25) is 0 Å². The number of nitrogens with zero attached hydrogens (tertiary/aromatic N) is 2. The summed E-state index contributed by atoms with van der Waals surface area (Å²) in [7, 11) is -1.52. The van der Waals surface area contributed by atoms with Crippen molar-refractivity contribution in [2.24, 2.45) is 5.92 Å². The van der Waals surface area contributed by atoms with Crippen molar-refractivity contribution in [2.75, 3.05) is 18.6 Å². The predicted molar refractivity (Wildman–Crippen MR) is 89.6 cm³/mol. The molecule has 0 bridgehead atoms. The van der Waals surface area contributed by atoms with Crippen LogP contribution in [0.1, 0.15) is 28.2 Å². The molecular weight excluding hydrogens is 328 g/mol. The van der Waals surface area contributed by atoms with Gasteiger partial charge in [0.15, 0.2) is 9.84 Å². The molecule has 1 unspecified atom stereocenters. The molecule has 1 fully saturated rings. The number of benzene rings is 1. The Balaban J connectivity index is 1.73. The van der Waals surface area contributed by atoms with Gasteiger partial charge in [0.2, 0.25) is 0 Å². The van der Waals surface area contributed by atoms with E-state index >= 15 is 0 Å². The third kappa shape index (κ3) is 3.84. The van der Waals surface area contributed by atoms with Gasteiger partial charge in [0, 0.05) is 25.4 Å². The normalized spacial score (nSPS) is 19.3. The third-order valence-electron chi connectivity index (χ3n) is 4.30. The van der Waals surface area contributed by atoms with Gasteiger partial charge in [0.1, 0.15) is 5.82 Å². The van der Waals surface area contributed by atoms with Crippen molar-refractivity contribution < 1.29 is 17.9 Å². The summed E-state index contributed by atoms with van der Waals surface area (Å²) in [6, 6.07) is 7.28. The second-order valence-corrected chi connectivity index (χ2v) is 8.37. The van der Waals surface area contributed by atoms with Gasteiger partial charge in [-0.15, -0.1) is 0 Å². The summed E-state index contributed by atoms with van der Waals surface area (Å²) in [6.07, 6.45) is 4.96. The molecule has 6 nitrogen and oxygen atoms in total. The van der Waals surface area contributed by atoms with Gasteiger partial charge in [-0.1, -0.05) is 12.1 Å². The van der Waals surface area contributed by atoms with Crippen LogP contribution in [0.3, 0.4) is 0 Å². The number of sulfone groups is 1. The number of hydrogen-bond acceptors (Lipinski definition) is 5. The summed E-state index contributed by atoms with van der Waals surface area (Å²) < 4.78 is 30.0. The van der Waals surface area contributed by atoms with Gasteiger partial charge in [-0.05, 0) is 30.0 Å². The Morgan fingerprint density at radius 3 is 2.96 bits per heavy atom. The van der Waals surface area contributed by atoms with E-state index in [1.165, 1.54) is 7.11 Å². The van der Waals surface area contributed by atoms with Crippen LogP contribution in [0.25, 0.3) is 0 Å². The molecule has 1 aromatic heterocycles. The van der Waals surface area contributed by atoms with Crippen LogP contribution in [-0.2, 0) is 27.5 Å². The molecule has 0 radical (unpaired) electrons. The molecule has 0 saturated carbocycles. The maximum absolute atomic E-state index is 11.6. The monoisotopic (exact) mass is 348 g/mol. The number of esters is 1. The first kappa shape index (κ1) is 16.7. The Labute approximate surface area is 141 Å². The lowest BCUT2D eigenvalue weighted by Crippen LogP contribution is -2.12. The molecule has 128 valence electrons. The lowest BCUT2D eigenvalue weighted by Gasteiger charge is -2.11. The van der Waals surface area contributed by atoms with Crippen molar-refractivity contribution >= 4 is 15.8 Å². The molecule has 2 heterocycles. The largest absolute Gasteiger partial charge is 0.465 e. The Morgan fingerprint density at radius 2 is 2.25 bits per heavy atom. The lowest BCUT2D eigenvalue weighted by molar-refractivity contribution is 0.0600. The molecule has 0 spiro atoms. The van der Waals surface area contributed by atoms with Gasteiger partial charge in [-0.3, -0.25) is 0 Å². The van der Waals surface area contributed by atoms with Crippen molar-refractivity contribution in [1.29, 1.82) is 0 Å². The topological polar surface area (TPSA) is 78.3 Å². The first-order chi connectivity index (χ1) is 11.5. The summed E-state index contributed by atoms with van der Waals surface area (Å²) in [5, 5.41) is 0. The van der Waals surface area contributed by atoms with Gasteiger partial charge in [0.05, 0.1) is 24.2 Å². The molecule has 24 heavy (non-hydrogen) atoms. The van der Waals surface area contributed by atoms with Crippen LogP contribution in [0, 0.1) is 5.92 Å². The molecule has 7 heteroatoms. The number of hydrogen-bond donors (Lipinski definition) is 0. The summed E-state index contributed by atoms with van der Waals surface area (Å²) in [6.45, 7) is 0.583. The maximum atomic E-state index is 11.6. The van der Waals surface area contributed by atoms with Crippen LogP contribution < -0.4 is 0 Å². The summed E-state index contributed by atoms with van der Waals surface area (Å²) in [5.41, 5.74) is 1.48. The molecule has 0 aliphatic carbocycles. The summed E-state index contributed by atoms with van der Waals surface area (Å²) >= 11 is 0. The van der Waals surface area contributed by atoms with Crippen LogP contribution >= 0.6 is 0 Å². The number of methoxy groups -OCH3 is 1. The first-order valence-electron chi connectivity index (χ1n) is 7.84. The van der Waals surface area contributed by atoms with Gasteiger partial charge >= 0.3 is 5.97 Å². The fraction of sp³-hybridized carbons (Fsp3) is 0.412. The second kappa shape index (κ2) is 6.76. The van der Waals surface area contributed by atoms with E-state index in [0.29, 0.717) is 24.9 Å². The number of rotatable bonds is 5. The minimum atomic E-state index is -2.88. The van der Waals surface area contributed by atoms with E-state index in [2.05, 4.69) is 4.98 Å². The Bertz CT molecular complexity index is 842. The zero-order chi connectivity index (χ0) is 17.2. The summed E-state index contributed by atoms with van der Waals surface area (Å²) in [4.78, 5) is 16.0. The number of carbonyl (C=O) groups is 1. The molecule has 0 amide bonds.